The van der Waals surface area contributed by atoms with Gasteiger partial charge >= 0.3 is 7.32 Å². The van der Waals surface area contributed by atoms with Crippen molar-refractivity contribution in [3.63, 3.8) is 0 Å². The van der Waals surface area contributed by atoms with E-state index in [1.54, 1.807) is 12.1 Å². The van der Waals surface area contributed by atoms with Crippen molar-refractivity contribution in [3.8, 4) is 11.5 Å². The minimum atomic E-state index is -1.85. The van der Waals surface area contributed by atoms with Gasteiger partial charge in [-0.05, 0) is 26.0 Å². The molecule has 0 saturated carbocycles. The summed E-state index contributed by atoms with van der Waals surface area (Å²) in [4.78, 5) is 0. The molecule has 2 N–H and O–H groups in total. The lowest BCUT2D eigenvalue weighted by Crippen LogP contribution is -2.20. The Morgan fingerprint density at radius 3 is 2.47 bits per heavy atom. The molecule has 0 spiro atoms. The molecule has 0 radical (unpaired) electrons. The highest BCUT2D eigenvalue weighted by Crippen LogP contribution is 2.29. The maximum absolute atomic E-state index is 8.57. The van der Waals surface area contributed by atoms with Crippen LogP contribution < -0.4 is 9.39 Å². The second-order valence-corrected chi connectivity index (χ2v) is 3.61. The fourth-order valence-electron chi connectivity index (χ4n) is 1.03. The molecule has 0 fully saturated rings. The maximum atomic E-state index is 8.57. The van der Waals surface area contributed by atoms with Gasteiger partial charge in [-0.25, -0.2) is 0 Å². The summed E-state index contributed by atoms with van der Waals surface area (Å²) in [5.74, 6) is 0.803. The monoisotopic (exact) mass is 230 g/mol. The van der Waals surface area contributed by atoms with Crippen molar-refractivity contribution in [3.05, 3.63) is 23.2 Å². The molecule has 82 valence electrons. The highest BCUT2D eigenvalue weighted by atomic mass is 35.5. The summed E-state index contributed by atoms with van der Waals surface area (Å²) in [5, 5.41) is 17.5. The van der Waals surface area contributed by atoms with Crippen molar-refractivity contribution < 1.29 is 19.4 Å². The van der Waals surface area contributed by atoms with Gasteiger partial charge in [0.15, 0.2) is 0 Å². The zero-order chi connectivity index (χ0) is 11.4. The van der Waals surface area contributed by atoms with Crippen LogP contribution in [0.15, 0.2) is 18.2 Å². The predicted octanol–water partition coefficient (Wildman–Crippen LogP) is 1.48. The summed E-state index contributed by atoms with van der Waals surface area (Å²) in [6.45, 7) is 3.77. The van der Waals surface area contributed by atoms with Gasteiger partial charge in [0, 0.05) is 6.07 Å². The number of benzene rings is 1. The average Bonchev–Trinajstić information content (AvgIpc) is 2.08. The van der Waals surface area contributed by atoms with E-state index in [2.05, 4.69) is 4.65 Å². The van der Waals surface area contributed by atoms with E-state index in [9.17, 15) is 0 Å². The summed E-state index contributed by atoms with van der Waals surface area (Å²) in [5.41, 5.74) is 0. The Morgan fingerprint density at radius 2 is 2.00 bits per heavy atom. The molecule has 0 aliphatic carbocycles. The third-order valence-electron chi connectivity index (χ3n) is 1.51. The molecular formula is C9H12BClO4. The molecule has 6 heteroatoms. The van der Waals surface area contributed by atoms with Crippen LogP contribution in [0.25, 0.3) is 0 Å². The highest BCUT2D eigenvalue weighted by Gasteiger charge is 2.12. The van der Waals surface area contributed by atoms with Crippen LogP contribution >= 0.6 is 11.6 Å². The average molecular weight is 230 g/mol. The van der Waals surface area contributed by atoms with E-state index >= 15 is 0 Å². The topological polar surface area (TPSA) is 58.9 Å². The second kappa shape index (κ2) is 5.25. The van der Waals surface area contributed by atoms with Gasteiger partial charge in [0.25, 0.3) is 0 Å². The Labute approximate surface area is 93.6 Å². The number of hydrogen-bond donors (Lipinski definition) is 2. The molecule has 0 aliphatic rings. The third-order valence-corrected chi connectivity index (χ3v) is 1.80. The lowest BCUT2D eigenvalue weighted by Gasteiger charge is -2.12. The van der Waals surface area contributed by atoms with E-state index < -0.39 is 7.32 Å². The van der Waals surface area contributed by atoms with Gasteiger partial charge in [-0.2, -0.15) is 0 Å². The molecule has 0 saturated heterocycles. The van der Waals surface area contributed by atoms with E-state index in [0.717, 1.165) is 0 Å². The summed E-state index contributed by atoms with van der Waals surface area (Å²) in [6.07, 6.45) is 0.0256. The van der Waals surface area contributed by atoms with E-state index in [4.69, 9.17) is 26.4 Å². The lowest BCUT2D eigenvalue weighted by molar-refractivity contribution is 0.242. The van der Waals surface area contributed by atoms with E-state index in [1.165, 1.54) is 6.07 Å². The molecule has 0 aliphatic heterocycles. The largest absolute Gasteiger partial charge is 0.707 e. The number of halogens is 1. The number of hydrogen-bond acceptors (Lipinski definition) is 4. The molecule has 4 nitrogen and oxygen atoms in total. The van der Waals surface area contributed by atoms with Gasteiger partial charge < -0.3 is 19.4 Å². The van der Waals surface area contributed by atoms with Gasteiger partial charge in [0.2, 0.25) is 0 Å². The first-order valence-electron chi connectivity index (χ1n) is 4.48. The molecule has 1 aromatic rings. The lowest BCUT2D eigenvalue weighted by atomic mass is 10.2. The van der Waals surface area contributed by atoms with Crippen LogP contribution in [0, 0.1) is 0 Å². The Hall–Kier alpha value is -0.905. The van der Waals surface area contributed by atoms with Crippen LogP contribution in [0.3, 0.4) is 0 Å². The quantitative estimate of drug-likeness (QED) is 0.769. The molecule has 0 amide bonds. The first-order chi connectivity index (χ1) is 6.99. The van der Waals surface area contributed by atoms with Crippen LogP contribution in [0.1, 0.15) is 13.8 Å². The Balaban J connectivity index is 2.78. The summed E-state index contributed by atoms with van der Waals surface area (Å²) in [7, 11) is -1.85. The minimum absolute atomic E-state index is 0.0256. The molecule has 0 aromatic heterocycles. The third kappa shape index (κ3) is 3.99. The molecule has 0 unspecified atom stereocenters. The zero-order valence-electron chi connectivity index (χ0n) is 8.48. The van der Waals surface area contributed by atoms with Crippen LogP contribution in [0.5, 0.6) is 11.5 Å². The number of rotatable bonds is 4. The van der Waals surface area contributed by atoms with Crippen molar-refractivity contribution in [1.29, 1.82) is 0 Å². The van der Waals surface area contributed by atoms with Crippen LogP contribution in [-0.2, 0) is 0 Å². The molecule has 15 heavy (non-hydrogen) atoms. The van der Waals surface area contributed by atoms with Crippen molar-refractivity contribution in [2.45, 2.75) is 20.0 Å². The van der Waals surface area contributed by atoms with Crippen molar-refractivity contribution >= 4 is 18.9 Å². The van der Waals surface area contributed by atoms with Gasteiger partial charge in [-0.15, -0.1) is 0 Å². The molecule has 0 atom stereocenters. The zero-order valence-corrected chi connectivity index (χ0v) is 9.23. The predicted molar refractivity (Wildman–Crippen MR) is 58.0 cm³/mol. The SMILES string of the molecule is CC(C)Oc1ccc(OB(O)O)cc1Cl. The first kappa shape index (κ1) is 12.2. The molecule has 0 bridgehead atoms. The number of ether oxygens (including phenoxy) is 1. The van der Waals surface area contributed by atoms with Gasteiger partial charge in [-0.1, -0.05) is 11.6 Å². The normalized spacial score (nSPS) is 10.3. The molecular weight excluding hydrogens is 218 g/mol. The molecule has 1 aromatic carbocycles. The van der Waals surface area contributed by atoms with E-state index in [-0.39, 0.29) is 11.9 Å². The highest BCUT2D eigenvalue weighted by molar-refractivity contribution is 6.34. The fraction of sp³-hybridized carbons (Fsp3) is 0.333. The Kier molecular flexibility index (Phi) is 4.26. The molecule has 1 rings (SSSR count). The van der Waals surface area contributed by atoms with Crippen molar-refractivity contribution in [2.24, 2.45) is 0 Å². The van der Waals surface area contributed by atoms with E-state index in [0.29, 0.717) is 10.8 Å². The maximum Gasteiger partial charge on any atom is 0.707 e. The Bertz CT molecular complexity index is 330. The molecule has 0 heterocycles. The summed E-state index contributed by atoms with van der Waals surface area (Å²) < 4.78 is 10.0. The van der Waals surface area contributed by atoms with Crippen LogP contribution in [0.4, 0.5) is 0 Å². The van der Waals surface area contributed by atoms with Gasteiger partial charge in [0.1, 0.15) is 11.5 Å². The van der Waals surface area contributed by atoms with Crippen molar-refractivity contribution in [1.82, 2.24) is 0 Å². The van der Waals surface area contributed by atoms with Gasteiger partial charge in [-0.3, -0.25) is 0 Å². The van der Waals surface area contributed by atoms with E-state index in [1.807, 2.05) is 13.8 Å². The minimum Gasteiger partial charge on any atom is -0.512 e. The fourth-order valence-corrected chi connectivity index (χ4v) is 1.24. The van der Waals surface area contributed by atoms with Crippen molar-refractivity contribution in [2.75, 3.05) is 0 Å². The van der Waals surface area contributed by atoms with Crippen LogP contribution in [-0.4, -0.2) is 23.5 Å². The summed E-state index contributed by atoms with van der Waals surface area (Å²) >= 11 is 5.89. The first-order valence-corrected chi connectivity index (χ1v) is 4.86. The second-order valence-electron chi connectivity index (χ2n) is 3.20. The van der Waals surface area contributed by atoms with Gasteiger partial charge in [0.05, 0.1) is 11.1 Å². The Morgan fingerprint density at radius 1 is 1.33 bits per heavy atom. The smallest absolute Gasteiger partial charge is 0.512 e. The standard InChI is InChI=1S/C9H12BClO4/c1-6(2)14-9-4-3-7(5-8(9)11)15-10(12)13/h3-6,12-13H,1-2H3. The van der Waals surface area contributed by atoms with Crippen LogP contribution in [0.2, 0.25) is 5.02 Å². The summed E-state index contributed by atoms with van der Waals surface area (Å²) in [6, 6.07) is 4.61.